The predicted molar refractivity (Wildman–Crippen MR) is 87.4 cm³/mol. The Morgan fingerprint density at radius 3 is 2.16 bits per heavy atom. The second-order valence-corrected chi connectivity index (χ2v) is 6.83. The molecule has 0 amide bonds. The molecule has 0 unspecified atom stereocenters. The molecule has 0 aliphatic rings. The highest BCUT2D eigenvalue weighted by molar-refractivity contribution is 7.98. The molecule has 0 radical (unpaired) electrons. The van der Waals surface area contributed by atoms with Crippen LogP contribution in [0.2, 0.25) is 0 Å². The van der Waals surface area contributed by atoms with Crippen molar-refractivity contribution in [2.75, 3.05) is 19.8 Å². The van der Waals surface area contributed by atoms with Crippen LogP contribution < -0.4 is 3.89 Å². The average molecular weight is 272 g/mol. The molecule has 0 aromatic heterocycles. The SMILES string of the molecule is Cc1ccc([N+](C)(C)SCCc2ccccc2)cc1. The Kier molecular flexibility index (Phi) is 4.67. The van der Waals surface area contributed by atoms with E-state index in [9.17, 15) is 0 Å². The average Bonchev–Trinajstić information content (AvgIpc) is 2.40. The fourth-order valence-corrected chi connectivity index (χ4v) is 3.07. The van der Waals surface area contributed by atoms with Gasteiger partial charge in [-0.2, -0.15) is 0 Å². The van der Waals surface area contributed by atoms with Gasteiger partial charge in [-0.15, -0.1) is 0 Å². The van der Waals surface area contributed by atoms with Crippen LogP contribution in [0, 0.1) is 6.92 Å². The number of hydrogen-bond acceptors (Lipinski definition) is 1. The Hall–Kier alpha value is -1.25. The molecule has 0 N–H and O–H groups in total. The van der Waals surface area contributed by atoms with Gasteiger partial charge in [-0.05, 0) is 18.9 Å². The quantitative estimate of drug-likeness (QED) is 0.572. The third-order valence-electron chi connectivity index (χ3n) is 3.30. The van der Waals surface area contributed by atoms with E-state index < -0.39 is 0 Å². The summed E-state index contributed by atoms with van der Waals surface area (Å²) in [4.78, 5) is 0. The summed E-state index contributed by atoms with van der Waals surface area (Å²) in [6, 6.07) is 19.5. The summed E-state index contributed by atoms with van der Waals surface area (Å²) in [6.45, 7) is 2.13. The first-order chi connectivity index (χ1) is 9.08. The van der Waals surface area contributed by atoms with E-state index in [1.54, 1.807) is 0 Å². The molecule has 2 aromatic carbocycles. The monoisotopic (exact) mass is 272 g/mol. The largest absolute Gasteiger partial charge is 0.234 e. The number of rotatable bonds is 5. The van der Waals surface area contributed by atoms with E-state index >= 15 is 0 Å². The number of quaternary nitrogens is 1. The van der Waals surface area contributed by atoms with Gasteiger partial charge in [0, 0.05) is 12.1 Å². The van der Waals surface area contributed by atoms with Crippen molar-refractivity contribution < 1.29 is 0 Å². The molecular weight excluding hydrogens is 250 g/mol. The van der Waals surface area contributed by atoms with Crippen molar-refractivity contribution in [3.63, 3.8) is 0 Å². The topological polar surface area (TPSA) is 0 Å². The van der Waals surface area contributed by atoms with Gasteiger partial charge in [0.2, 0.25) is 0 Å². The molecule has 0 fully saturated rings. The number of nitrogens with zero attached hydrogens (tertiary/aromatic N) is 1. The van der Waals surface area contributed by atoms with Crippen LogP contribution in [-0.2, 0) is 6.42 Å². The Morgan fingerprint density at radius 2 is 1.53 bits per heavy atom. The maximum atomic E-state index is 2.25. The summed E-state index contributed by atoms with van der Waals surface area (Å²) in [7, 11) is 4.50. The normalized spacial score (nSPS) is 11.5. The van der Waals surface area contributed by atoms with Crippen molar-refractivity contribution in [3.05, 3.63) is 65.7 Å². The molecule has 0 aliphatic carbocycles. The minimum absolute atomic E-state index is 0.868. The van der Waals surface area contributed by atoms with Gasteiger partial charge in [0.05, 0.1) is 31.8 Å². The van der Waals surface area contributed by atoms with E-state index in [1.165, 1.54) is 16.8 Å². The molecule has 100 valence electrons. The molecule has 2 rings (SSSR count). The molecule has 2 aromatic rings. The second kappa shape index (κ2) is 6.27. The Morgan fingerprint density at radius 1 is 0.895 bits per heavy atom. The summed E-state index contributed by atoms with van der Waals surface area (Å²) in [5.41, 5.74) is 4.08. The lowest BCUT2D eigenvalue weighted by molar-refractivity contribution is 0.664. The van der Waals surface area contributed by atoms with E-state index in [4.69, 9.17) is 0 Å². The van der Waals surface area contributed by atoms with Crippen molar-refractivity contribution in [3.8, 4) is 0 Å². The van der Waals surface area contributed by atoms with Gasteiger partial charge >= 0.3 is 0 Å². The smallest absolute Gasteiger partial charge is 0.143 e. The zero-order valence-corrected chi connectivity index (χ0v) is 12.8. The van der Waals surface area contributed by atoms with Crippen molar-refractivity contribution in [1.29, 1.82) is 0 Å². The van der Waals surface area contributed by atoms with E-state index in [-0.39, 0.29) is 0 Å². The highest BCUT2D eigenvalue weighted by Gasteiger charge is 2.20. The van der Waals surface area contributed by atoms with E-state index in [2.05, 4.69) is 75.6 Å². The Balaban J connectivity index is 1.92. The molecule has 0 saturated carbocycles. The minimum Gasteiger partial charge on any atom is -0.234 e. The maximum absolute atomic E-state index is 2.25. The molecule has 0 saturated heterocycles. The molecule has 1 nitrogen and oxygen atoms in total. The van der Waals surface area contributed by atoms with Crippen molar-refractivity contribution >= 4 is 17.6 Å². The lowest BCUT2D eigenvalue weighted by Crippen LogP contribution is -2.32. The molecule has 19 heavy (non-hydrogen) atoms. The van der Waals surface area contributed by atoms with Crippen molar-refractivity contribution in [1.82, 2.24) is 3.89 Å². The highest BCUT2D eigenvalue weighted by atomic mass is 32.2. The van der Waals surface area contributed by atoms with Gasteiger partial charge in [-0.1, -0.05) is 48.0 Å². The van der Waals surface area contributed by atoms with Crippen LogP contribution in [0.3, 0.4) is 0 Å². The van der Waals surface area contributed by atoms with Gasteiger partial charge in [-0.3, -0.25) is 0 Å². The van der Waals surface area contributed by atoms with Crippen molar-refractivity contribution in [2.24, 2.45) is 0 Å². The third-order valence-corrected chi connectivity index (χ3v) is 4.55. The first-order valence-corrected chi connectivity index (χ1v) is 7.62. The summed E-state index contributed by atoms with van der Waals surface area (Å²) < 4.78 is 0.868. The molecule has 2 heteroatoms. The van der Waals surface area contributed by atoms with Crippen molar-refractivity contribution in [2.45, 2.75) is 13.3 Å². The minimum atomic E-state index is 0.868. The molecule has 0 aliphatic heterocycles. The van der Waals surface area contributed by atoms with E-state index in [0.29, 0.717) is 0 Å². The van der Waals surface area contributed by atoms with Gasteiger partial charge in [0.1, 0.15) is 5.69 Å². The predicted octanol–water partition coefficient (Wildman–Crippen LogP) is 4.45. The molecule has 0 spiro atoms. The first kappa shape index (κ1) is 14.2. The summed E-state index contributed by atoms with van der Waals surface area (Å²) in [5, 5.41) is 0. The Bertz CT molecular complexity index is 503. The fraction of sp³-hybridized carbons (Fsp3) is 0.294. The fourth-order valence-electron chi connectivity index (χ4n) is 2.01. The standard InChI is InChI=1S/C17H22NS/c1-15-9-11-17(12-10-15)18(2,3)19-14-13-16-7-5-4-6-8-16/h4-12H,13-14H2,1-3H3/q+1. The van der Waals surface area contributed by atoms with Gasteiger partial charge in [0.15, 0.2) is 0 Å². The maximum Gasteiger partial charge on any atom is 0.143 e. The van der Waals surface area contributed by atoms with Gasteiger partial charge in [-0.25, -0.2) is 3.89 Å². The highest BCUT2D eigenvalue weighted by Crippen LogP contribution is 2.28. The van der Waals surface area contributed by atoms with E-state index in [1.807, 2.05) is 11.9 Å². The number of aryl methyl sites for hydroxylation is 2. The summed E-state index contributed by atoms with van der Waals surface area (Å²) in [6.07, 6.45) is 1.12. The van der Waals surface area contributed by atoms with Crippen LogP contribution in [0.1, 0.15) is 11.1 Å². The van der Waals surface area contributed by atoms with Crippen LogP contribution in [-0.4, -0.2) is 19.8 Å². The Labute approximate surface area is 121 Å². The first-order valence-electron chi connectivity index (χ1n) is 6.67. The number of benzene rings is 2. The lowest BCUT2D eigenvalue weighted by atomic mass is 10.2. The third kappa shape index (κ3) is 4.12. The van der Waals surface area contributed by atoms with Crippen LogP contribution in [0.15, 0.2) is 54.6 Å². The van der Waals surface area contributed by atoms with Crippen LogP contribution in [0.4, 0.5) is 5.69 Å². The summed E-state index contributed by atoms with van der Waals surface area (Å²) >= 11 is 1.97. The van der Waals surface area contributed by atoms with Crippen LogP contribution in [0.25, 0.3) is 0 Å². The van der Waals surface area contributed by atoms with Crippen LogP contribution >= 0.6 is 11.9 Å². The lowest BCUT2D eigenvalue weighted by Gasteiger charge is -2.26. The number of hydrogen-bond donors (Lipinski definition) is 0. The molecule has 0 atom stereocenters. The van der Waals surface area contributed by atoms with Crippen LogP contribution in [0.5, 0.6) is 0 Å². The molecule has 0 bridgehead atoms. The van der Waals surface area contributed by atoms with Gasteiger partial charge < -0.3 is 0 Å². The molecule has 0 heterocycles. The second-order valence-electron chi connectivity index (χ2n) is 5.26. The zero-order chi connectivity index (χ0) is 13.7. The van der Waals surface area contributed by atoms with E-state index in [0.717, 1.165) is 16.1 Å². The van der Waals surface area contributed by atoms with Gasteiger partial charge in [0.25, 0.3) is 0 Å². The summed E-state index contributed by atoms with van der Waals surface area (Å²) in [5.74, 6) is 1.13. The zero-order valence-electron chi connectivity index (χ0n) is 12.0. The molecular formula is C17H22NS+.